The molecule has 2 aliphatic heterocycles. The highest BCUT2D eigenvalue weighted by molar-refractivity contribution is 5.69. The Morgan fingerprint density at radius 1 is 1.13 bits per heavy atom. The average Bonchev–Trinajstić information content (AvgIpc) is 3.31. The van der Waals surface area contributed by atoms with E-state index >= 15 is 0 Å². The van der Waals surface area contributed by atoms with Crippen molar-refractivity contribution in [1.82, 2.24) is 19.8 Å². The van der Waals surface area contributed by atoms with Crippen molar-refractivity contribution in [3.63, 3.8) is 0 Å². The number of nitrogens with zero attached hydrogens (tertiary/aromatic N) is 7. The van der Waals surface area contributed by atoms with Crippen molar-refractivity contribution >= 4 is 11.9 Å². The number of piperazine rings is 1. The van der Waals surface area contributed by atoms with E-state index in [0.717, 1.165) is 25.5 Å². The summed E-state index contributed by atoms with van der Waals surface area (Å²) in [5.74, 6) is -0.837. The van der Waals surface area contributed by atoms with Gasteiger partial charge in [-0.2, -0.15) is 20.5 Å². The molecule has 1 atom stereocenters. The number of nitriles is 2. The van der Waals surface area contributed by atoms with Gasteiger partial charge in [0.05, 0.1) is 11.6 Å². The van der Waals surface area contributed by atoms with Gasteiger partial charge in [0, 0.05) is 32.2 Å². The van der Waals surface area contributed by atoms with Gasteiger partial charge in [0.2, 0.25) is 5.88 Å². The molecule has 11 nitrogen and oxygen atoms in total. The molecule has 39 heavy (non-hydrogen) atoms. The number of amides is 1. The fourth-order valence-corrected chi connectivity index (χ4v) is 4.42. The Kier molecular flexibility index (Phi) is 8.36. The summed E-state index contributed by atoms with van der Waals surface area (Å²) in [6.45, 7) is 8.21. The second-order valence-electron chi connectivity index (χ2n) is 10.5. The van der Waals surface area contributed by atoms with Crippen molar-refractivity contribution in [3.8, 4) is 29.8 Å². The normalized spacial score (nSPS) is 17.9. The number of hydrogen-bond acceptors (Lipinski definition) is 10. The van der Waals surface area contributed by atoms with E-state index in [4.69, 9.17) is 19.5 Å². The third-order valence-corrected chi connectivity index (χ3v) is 6.52. The summed E-state index contributed by atoms with van der Waals surface area (Å²) in [5, 5.41) is 19.1. The van der Waals surface area contributed by atoms with Crippen LogP contribution in [0.2, 0.25) is 0 Å². The van der Waals surface area contributed by atoms with E-state index in [2.05, 4.69) is 20.9 Å². The monoisotopic (exact) mass is 537 g/mol. The molecule has 2 fully saturated rings. The van der Waals surface area contributed by atoms with Crippen LogP contribution in [0.5, 0.6) is 17.6 Å². The van der Waals surface area contributed by atoms with Crippen LogP contribution < -0.4 is 14.4 Å². The number of hydrogen-bond donors (Lipinski definition) is 0. The van der Waals surface area contributed by atoms with Crippen LogP contribution in [-0.4, -0.2) is 83.9 Å². The molecule has 2 aliphatic rings. The smallest absolute Gasteiger partial charge is 0.410 e. The highest BCUT2D eigenvalue weighted by Gasteiger charge is 2.30. The number of halogens is 1. The molecule has 1 aromatic carbocycles. The van der Waals surface area contributed by atoms with Crippen LogP contribution in [0.15, 0.2) is 18.2 Å². The molecule has 12 heteroatoms. The van der Waals surface area contributed by atoms with Gasteiger partial charge in [0.25, 0.3) is 0 Å². The lowest BCUT2D eigenvalue weighted by molar-refractivity contribution is 0.0240. The Bertz CT molecular complexity index is 1290. The molecule has 2 aromatic rings. The summed E-state index contributed by atoms with van der Waals surface area (Å²) in [5.41, 5.74) is -0.465. The van der Waals surface area contributed by atoms with E-state index in [1.165, 1.54) is 12.1 Å². The van der Waals surface area contributed by atoms with E-state index in [1.54, 1.807) is 4.90 Å². The summed E-state index contributed by atoms with van der Waals surface area (Å²) in [7, 11) is 2.03. The minimum atomic E-state index is -0.765. The van der Waals surface area contributed by atoms with Crippen LogP contribution in [0, 0.1) is 28.5 Å². The summed E-state index contributed by atoms with van der Waals surface area (Å²) >= 11 is 0. The molecule has 4 rings (SSSR count). The van der Waals surface area contributed by atoms with Crippen molar-refractivity contribution in [2.45, 2.75) is 45.3 Å². The summed E-state index contributed by atoms with van der Waals surface area (Å²) in [4.78, 5) is 27.0. The van der Waals surface area contributed by atoms with Crippen LogP contribution in [0.4, 0.5) is 15.0 Å². The predicted octanol–water partition coefficient (Wildman–Crippen LogP) is 3.68. The average molecular weight is 538 g/mol. The van der Waals surface area contributed by atoms with Crippen molar-refractivity contribution < 1.29 is 23.4 Å². The number of ether oxygens (including phenoxy) is 3. The summed E-state index contributed by atoms with van der Waals surface area (Å²) < 4.78 is 31.8. The summed E-state index contributed by atoms with van der Waals surface area (Å²) in [6.07, 6.45) is 1.64. The lowest BCUT2D eigenvalue weighted by Crippen LogP contribution is -2.50. The molecule has 1 unspecified atom stereocenters. The van der Waals surface area contributed by atoms with Crippen molar-refractivity contribution in [2.24, 2.45) is 0 Å². The maximum atomic E-state index is 14.6. The van der Waals surface area contributed by atoms with Gasteiger partial charge >= 0.3 is 12.1 Å². The first-order valence-corrected chi connectivity index (χ1v) is 12.8. The highest BCUT2D eigenvalue weighted by atomic mass is 19.1. The maximum Gasteiger partial charge on any atom is 0.410 e. The Morgan fingerprint density at radius 3 is 2.46 bits per heavy atom. The minimum Gasteiger partial charge on any atom is -0.462 e. The Balaban J connectivity index is 1.61. The molecule has 206 valence electrons. The van der Waals surface area contributed by atoms with E-state index in [1.807, 2.05) is 38.8 Å². The summed E-state index contributed by atoms with van der Waals surface area (Å²) in [6, 6.07) is 7.93. The fraction of sp³-hybridized carbons (Fsp3) is 0.519. The number of likely N-dealkylation sites (tertiary alicyclic amines) is 1. The van der Waals surface area contributed by atoms with Crippen molar-refractivity contribution in [2.75, 3.05) is 51.3 Å². The first-order chi connectivity index (χ1) is 18.6. The van der Waals surface area contributed by atoms with Gasteiger partial charge in [-0.05, 0) is 65.4 Å². The van der Waals surface area contributed by atoms with Gasteiger partial charge in [-0.1, -0.05) is 0 Å². The lowest BCUT2D eigenvalue weighted by Gasteiger charge is -2.36. The molecule has 1 amide bonds. The number of benzene rings is 1. The molecule has 0 N–H and O–H groups in total. The number of rotatable bonds is 6. The molecule has 3 heterocycles. The lowest BCUT2D eigenvalue weighted by atomic mass is 10.2. The molecule has 0 spiro atoms. The van der Waals surface area contributed by atoms with Gasteiger partial charge in [-0.25, -0.2) is 9.18 Å². The largest absolute Gasteiger partial charge is 0.462 e. The van der Waals surface area contributed by atoms with E-state index in [9.17, 15) is 14.4 Å². The number of carbonyl (C=O) groups is 1. The molecule has 0 aliphatic carbocycles. The zero-order valence-corrected chi connectivity index (χ0v) is 22.6. The fourth-order valence-electron chi connectivity index (χ4n) is 4.42. The van der Waals surface area contributed by atoms with E-state index in [0.29, 0.717) is 32.8 Å². The van der Waals surface area contributed by atoms with Crippen LogP contribution in [0.1, 0.15) is 44.7 Å². The molecule has 0 saturated carbocycles. The van der Waals surface area contributed by atoms with E-state index in [-0.39, 0.29) is 40.6 Å². The van der Waals surface area contributed by atoms with Gasteiger partial charge < -0.3 is 28.9 Å². The first-order valence-electron chi connectivity index (χ1n) is 12.8. The minimum absolute atomic E-state index is 0.00271. The predicted molar refractivity (Wildman–Crippen MR) is 139 cm³/mol. The van der Waals surface area contributed by atoms with Gasteiger partial charge in [-0.15, -0.1) is 0 Å². The molecule has 1 aromatic heterocycles. The zero-order chi connectivity index (χ0) is 28.2. The van der Waals surface area contributed by atoms with Crippen molar-refractivity contribution in [1.29, 1.82) is 10.5 Å². The van der Waals surface area contributed by atoms with E-state index < -0.39 is 17.5 Å². The van der Waals surface area contributed by atoms with Crippen LogP contribution in [0.25, 0.3) is 0 Å². The zero-order valence-electron chi connectivity index (χ0n) is 22.6. The molecular weight excluding hydrogens is 505 g/mol. The quantitative estimate of drug-likeness (QED) is 0.538. The first kappa shape index (κ1) is 27.9. The van der Waals surface area contributed by atoms with Gasteiger partial charge in [0.1, 0.15) is 18.3 Å². The number of likely N-dealkylation sites (N-methyl/N-ethyl adjacent to an activating group) is 1. The van der Waals surface area contributed by atoms with Gasteiger partial charge in [0.15, 0.2) is 22.9 Å². The molecule has 2 saturated heterocycles. The number of aromatic nitrogens is 2. The third-order valence-electron chi connectivity index (χ3n) is 6.52. The number of carbonyl (C=O) groups excluding carboxylic acids is 1. The maximum absolute atomic E-state index is 14.6. The third kappa shape index (κ3) is 6.84. The Hall–Kier alpha value is -4.16. The van der Waals surface area contributed by atoms with Crippen molar-refractivity contribution in [3.05, 3.63) is 35.1 Å². The Morgan fingerprint density at radius 2 is 1.87 bits per heavy atom. The second-order valence-corrected chi connectivity index (χ2v) is 10.5. The molecular formula is C27H32FN7O4. The number of anilines is 1. The standard InChI is InChI=1S/C27H32FN7O4/c1-27(2,3)39-26(36)35-12-10-34(11-13-35)23-20(16-30)24(38-22-8-7-18(15-29)14-21(22)28)32-25(31-23)37-17-19-6-5-9-33(19)4/h7-8,14,19H,5-6,9-13,17H2,1-4H3. The SMILES string of the molecule is CN1CCCC1COc1nc(Oc2ccc(C#N)cc2F)c(C#N)c(N2CCN(C(=O)OC(C)(C)C)CC2)n1. The molecule has 0 bridgehead atoms. The Labute approximate surface area is 227 Å². The van der Waals surface area contributed by atoms with Crippen LogP contribution in [0.3, 0.4) is 0 Å². The van der Waals surface area contributed by atoms with Crippen LogP contribution >= 0.6 is 0 Å². The molecule has 0 radical (unpaired) electrons. The van der Waals surface area contributed by atoms with Gasteiger partial charge in [-0.3, -0.25) is 0 Å². The topological polar surface area (TPSA) is 128 Å². The van der Waals surface area contributed by atoms with Crippen LogP contribution in [-0.2, 0) is 4.74 Å². The highest BCUT2D eigenvalue weighted by Crippen LogP contribution is 2.33. The second kappa shape index (κ2) is 11.7.